The predicted molar refractivity (Wildman–Crippen MR) is 27.8 cm³/mol. The van der Waals surface area contributed by atoms with Crippen molar-refractivity contribution in [3.63, 3.8) is 0 Å². The quantitative estimate of drug-likeness (QED) is 0.256. The van der Waals surface area contributed by atoms with E-state index in [2.05, 4.69) is 6.92 Å². The Hall–Kier alpha value is 1.18. The summed E-state index contributed by atoms with van der Waals surface area (Å²) in [5, 5.41) is 0. The minimum atomic E-state index is 0. The standard InChI is InChI=1S/C3H7.Na.H4OSi/c1-3-2;;1-2/h1,3H2,2H3;;1H,2H3/q-1;+1;. The van der Waals surface area contributed by atoms with E-state index in [9.17, 15) is 0 Å². The molecule has 0 heterocycles. The molecule has 0 radical (unpaired) electrons. The molecule has 0 bridgehead atoms. The maximum absolute atomic E-state index is 7.14. The monoisotopic (exact) mass is 114 g/mol. The maximum Gasteiger partial charge on any atom is 1.00 e. The molecule has 0 aromatic heterocycles. The second kappa shape index (κ2) is 34.9. The van der Waals surface area contributed by atoms with Crippen LogP contribution in [-0.4, -0.2) is 15.3 Å². The van der Waals surface area contributed by atoms with E-state index in [1.807, 2.05) is 6.92 Å². The van der Waals surface area contributed by atoms with E-state index < -0.39 is 0 Å². The first kappa shape index (κ1) is 15.7. The van der Waals surface area contributed by atoms with Crippen LogP contribution >= 0.6 is 0 Å². The van der Waals surface area contributed by atoms with Crippen LogP contribution in [0.15, 0.2) is 0 Å². The van der Waals surface area contributed by atoms with E-state index in [1.54, 1.807) is 0 Å². The van der Waals surface area contributed by atoms with Crippen molar-refractivity contribution in [1.82, 2.24) is 0 Å². The molecule has 0 rings (SSSR count). The zero-order chi connectivity index (χ0) is 4.71. The smallest absolute Gasteiger partial charge is 0.442 e. The summed E-state index contributed by atoms with van der Waals surface area (Å²) >= 11 is 0. The Morgan fingerprint density at radius 1 is 1.67 bits per heavy atom. The SMILES string of the molecule is O[SiH3].[CH2-]CC.[Na+]. The van der Waals surface area contributed by atoms with E-state index in [0.29, 0.717) is 10.5 Å². The van der Waals surface area contributed by atoms with Crippen molar-refractivity contribution in [2.75, 3.05) is 0 Å². The fourth-order valence-corrected chi connectivity index (χ4v) is 0. The van der Waals surface area contributed by atoms with Crippen LogP contribution in [0.1, 0.15) is 13.3 Å². The third-order valence-corrected chi connectivity index (χ3v) is 0. The summed E-state index contributed by atoms with van der Waals surface area (Å²) in [5.41, 5.74) is 0. The fraction of sp³-hybridized carbons (Fsp3) is 0.667. The molecule has 3 heteroatoms. The Morgan fingerprint density at radius 3 is 1.67 bits per heavy atom. The first-order valence-electron chi connectivity index (χ1n) is 1.65. The van der Waals surface area contributed by atoms with Gasteiger partial charge >= 0.3 is 29.6 Å². The van der Waals surface area contributed by atoms with Gasteiger partial charge in [0.25, 0.3) is 0 Å². The third kappa shape index (κ3) is 65.2. The first-order chi connectivity index (χ1) is 2.41. The Balaban J connectivity index is -0.0000000275. The van der Waals surface area contributed by atoms with Gasteiger partial charge in [-0.15, -0.1) is 0 Å². The third-order valence-electron chi connectivity index (χ3n) is 0. The topological polar surface area (TPSA) is 20.2 Å². The van der Waals surface area contributed by atoms with Crippen LogP contribution in [0, 0.1) is 6.92 Å². The van der Waals surface area contributed by atoms with Gasteiger partial charge in [0.05, 0.1) is 0 Å². The van der Waals surface area contributed by atoms with E-state index in [1.165, 1.54) is 0 Å². The van der Waals surface area contributed by atoms with E-state index in [4.69, 9.17) is 4.80 Å². The van der Waals surface area contributed by atoms with Gasteiger partial charge in [0.1, 0.15) is 10.5 Å². The molecule has 34 valence electrons. The van der Waals surface area contributed by atoms with Crippen LogP contribution in [0.5, 0.6) is 0 Å². The molecule has 0 amide bonds. The number of hydrogen-bond acceptors (Lipinski definition) is 1. The largest absolute Gasteiger partial charge is 1.00 e. The molecule has 0 aromatic carbocycles. The van der Waals surface area contributed by atoms with Gasteiger partial charge in [-0.25, -0.2) is 0 Å². The molecule has 6 heavy (non-hydrogen) atoms. The van der Waals surface area contributed by atoms with Crippen molar-refractivity contribution in [2.24, 2.45) is 0 Å². The van der Waals surface area contributed by atoms with Gasteiger partial charge in [-0.05, 0) is 0 Å². The minimum Gasteiger partial charge on any atom is -0.442 e. The molecule has 0 fully saturated rings. The van der Waals surface area contributed by atoms with E-state index in [-0.39, 0.29) is 29.6 Å². The molecule has 0 unspecified atom stereocenters. The Labute approximate surface area is 65.0 Å². The van der Waals surface area contributed by atoms with Crippen molar-refractivity contribution in [3.8, 4) is 0 Å². The molecule has 0 aliphatic carbocycles. The van der Waals surface area contributed by atoms with Crippen molar-refractivity contribution in [2.45, 2.75) is 13.3 Å². The molecule has 0 aliphatic heterocycles. The van der Waals surface area contributed by atoms with Crippen molar-refractivity contribution in [1.29, 1.82) is 0 Å². The van der Waals surface area contributed by atoms with Crippen LogP contribution in [-0.2, 0) is 0 Å². The fourth-order valence-electron chi connectivity index (χ4n) is 0. The number of hydrogen-bond donors (Lipinski definition) is 1. The molecule has 0 aromatic rings. The van der Waals surface area contributed by atoms with Crippen LogP contribution in [0.25, 0.3) is 0 Å². The molecule has 0 saturated heterocycles. The summed E-state index contributed by atoms with van der Waals surface area (Å²) in [7, 11) is 0.306. The Morgan fingerprint density at radius 2 is 1.67 bits per heavy atom. The molecule has 1 N–H and O–H groups in total. The normalized spacial score (nSPS) is 4.50. The summed E-state index contributed by atoms with van der Waals surface area (Å²) in [6, 6.07) is 0. The summed E-state index contributed by atoms with van der Waals surface area (Å²) in [6.07, 6.45) is 1.00. The molecule has 0 spiro atoms. The first-order valence-corrected chi connectivity index (χ1v) is 2.55. The predicted octanol–water partition coefficient (Wildman–Crippen LogP) is -3.51. The minimum absolute atomic E-state index is 0. The average Bonchev–Trinajstić information content (AvgIpc) is 1.46. The molecular weight excluding hydrogens is 103 g/mol. The zero-order valence-electron chi connectivity index (χ0n) is 4.86. The molecule has 0 atom stereocenters. The summed E-state index contributed by atoms with van der Waals surface area (Å²) in [6.45, 7) is 5.50. The van der Waals surface area contributed by atoms with Gasteiger partial charge in [-0.1, -0.05) is 6.92 Å². The van der Waals surface area contributed by atoms with Crippen LogP contribution in [0.4, 0.5) is 0 Å². The van der Waals surface area contributed by atoms with E-state index in [0.717, 1.165) is 6.42 Å². The summed E-state index contributed by atoms with van der Waals surface area (Å²) in [4.78, 5) is 7.14. The molecule has 0 saturated carbocycles. The van der Waals surface area contributed by atoms with Crippen LogP contribution in [0.2, 0.25) is 0 Å². The average molecular weight is 114 g/mol. The van der Waals surface area contributed by atoms with Gasteiger partial charge in [-0.2, -0.15) is 6.42 Å². The zero-order valence-corrected chi connectivity index (χ0v) is 8.86. The summed E-state index contributed by atoms with van der Waals surface area (Å²) in [5.74, 6) is 0. The van der Waals surface area contributed by atoms with E-state index >= 15 is 0 Å². The maximum atomic E-state index is 7.14. The van der Waals surface area contributed by atoms with Crippen molar-refractivity contribution in [3.05, 3.63) is 6.92 Å². The Bertz CT molecular complexity index is 10.8. The Kier molecular flexibility index (Phi) is 91.4. The summed E-state index contributed by atoms with van der Waals surface area (Å²) < 4.78 is 0. The number of rotatable bonds is 0. The van der Waals surface area contributed by atoms with Crippen LogP contribution in [0.3, 0.4) is 0 Å². The molecule has 0 aliphatic rings. The van der Waals surface area contributed by atoms with Crippen molar-refractivity contribution >= 4 is 10.5 Å². The van der Waals surface area contributed by atoms with Gasteiger partial charge in [0.15, 0.2) is 0 Å². The van der Waals surface area contributed by atoms with Crippen molar-refractivity contribution < 1.29 is 34.4 Å². The second-order valence-corrected chi connectivity index (χ2v) is 0.500. The van der Waals surface area contributed by atoms with Gasteiger partial charge < -0.3 is 11.7 Å². The van der Waals surface area contributed by atoms with Crippen LogP contribution < -0.4 is 29.6 Å². The van der Waals surface area contributed by atoms with Gasteiger partial charge in [0.2, 0.25) is 0 Å². The van der Waals surface area contributed by atoms with Gasteiger partial charge in [0, 0.05) is 0 Å². The second-order valence-electron chi connectivity index (χ2n) is 0.500. The molecular formula is C3H11NaOSi. The van der Waals surface area contributed by atoms with Gasteiger partial charge in [-0.3, -0.25) is 0 Å². The molecule has 1 nitrogen and oxygen atoms in total.